The van der Waals surface area contributed by atoms with Crippen LogP contribution in [0.2, 0.25) is 0 Å². The number of hydrogen-bond donors (Lipinski definition) is 1. The first-order valence-electron chi connectivity index (χ1n) is 9.36. The molecule has 0 radical (unpaired) electrons. The van der Waals surface area contributed by atoms with Crippen LogP contribution in [0.1, 0.15) is 40.4 Å². The Morgan fingerprint density at radius 1 is 0.962 bits per heavy atom. The Kier molecular flexibility index (Phi) is 4.56. The van der Waals surface area contributed by atoms with Crippen molar-refractivity contribution in [3.8, 4) is 5.75 Å². The minimum absolute atomic E-state index is 0.200. The van der Waals surface area contributed by atoms with Crippen LogP contribution in [0.15, 0.2) is 60.8 Å². The molecule has 4 rings (SSSR count). The van der Waals surface area contributed by atoms with Gasteiger partial charge >= 0.3 is 0 Å². The Morgan fingerprint density at radius 2 is 1.81 bits per heavy atom. The summed E-state index contributed by atoms with van der Waals surface area (Å²) in [5.74, 6) is 0.381. The van der Waals surface area contributed by atoms with Gasteiger partial charge in [0.1, 0.15) is 5.75 Å². The summed E-state index contributed by atoms with van der Waals surface area (Å²) in [6.07, 6.45) is 3.30. The topological polar surface area (TPSA) is 28.4 Å². The molecular weight excluding hydrogens is 320 g/mol. The number of benzene rings is 2. The molecule has 26 heavy (non-hydrogen) atoms. The van der Waals surface area contributed by atoms with Crippen molar-refractivity contribution in [2.75, 3.05) is 6.54 Å². The van der Waals surface area contributed by atoms with Gasteiger partial charge in [-0.3, -0.25) is 4.90 Å². The van der Waals surface area contributed by atoms with Gasteiger partial charge in [0.25, 0.3) is 0 Å². The summed E-state index contributed by atoms with van der Waals surface area (Å²) in [4.78, 5) is 2.50. The van der Waals surface area contributed by atoms with Crippen molar-refractivity contribution in [3.63, 3.8) is 0 Å². The van der Waals surface area contributed by atoms with E-state index in [0.29, 0.717) is 5.75 Å². The van der Waals surface area contributed by atoms with Crippen LogP contribution in [0.3, 0.4) is 0 Å². The number of phenolic OH excluding ortho intramolecular Hbond substituents is 1. The number of fused-ring (bicyclic) bond motifs is 1. The van der Waals surface area contributed by atoms with E-state index in [0.717, 1.165) is 31.6 Å². The van der Waals surface area contributed by atoms with Crippen LogP contribution in [-0.2, 0) is 13.1 Å². The van der Waals surface area contributed by atoms with Crippen molar-refractivity contribution >= 4 is 0 Å². The van der Waals surface area contributed by atoms with Gasteiger partial charge in [0.15, 0.2) is 0 Å². The molecular formula is C23H26N2O. The molecule has 134 valence electrons. The van der Waals surface area contributed by atoms with E-state index in [1.807, 2.05) is 18.2 Å². The van der Waals surface area contributed by atoms with Gasteiger partial charge in [0.2, 0.25) is 0 Å². The van der Waals surface area contributed by atoms with E-state index in [4.69, 9.17) is 0 Å². The SMILES string of the molecule is Cc1ccc([C@H]2c3cccn3CCCN2Cc2ccccc2O)cc1C. The number of aromatic hydroxyl groups is 1. The minimum Gasteiger partial charge on any atom is -0.508 e. The van der Waals surface area contributed by atoms with Crippen LogP contribution in [0.5, 0.6) is 5.75 Å². The molecule has 1 aliphatic heterocycles. The second-order valence-corrected chi connectivity index (χ2v) is 7.33. The second-order valence-electron chi connectivity index (χ2n) is 7.33. The third-order valence-corrected chi connectivity index (χ3v) is 5.57. The van der Waals surface area contributed by atoms with Crippen LogP contribution in [0.4, 0.5) is 0 Å². The molecule has 0 aliphatic carbocycles. The lowest BCUT2D eigenvalue weighted by molar-refractivity contribution is 0.217. The molecule has 0 saturated carbocycles. The number of nitrogens with zero attached hydrogens (tertiary/aromatic N) is 2. The highest BCUT2D eigenvalue weighted by atomic mass is 16.3. The average molecular weight is 346 g/mol. The Balaban J connectivity index is 1.78. The first-order valence-corrected chi connectivity index (χ1v) is 9.36. The summed E-state index contributed by atoms with van der Waals surface area (Å²) in [6.45, 7) is 7.14. The lowest BCUT2D eigenvalue weighted by atomic mass is 9.97. The van der Waals surface area contributed by atoms with Gasteiger partial charge in [-0.2, -0.15) is 0 Å². The molecule has 1 atom stereocenters. The summed E-state index contributed by atoms with van der Waals surface area (Å²) >= 11 is 0. The highest BCUT2D eigenvalue weighted by Gasteiger charge is 2.28. The first-order chi connectivity index (χ1) is 12.6. The maximum Gasteiger partial charge on any atom is 0.120 e. The van der Waals surface area contributed by atoms with Crippen LogP contribution in [0, 0.1) is 13.8 Å². The predicted octanol–water partition coefficient (Wildman–Crippen LogP) is 4.81. The van der Waals surface area contributed by atoms with Gasteiger partial charge < -0.3 is 9.67 Å². The third-order valence-electron chi connectivity index (χ3n) is 5.57. The Bertz CT molecular complexity index is 912. The van der Waals surface area contributed by atoms with E-state index in [1.165, 1.54) is 22.4 Å². The quantitative estimate of drug-likeness (QED) is 0.737. The van der Waals surface area contributed by atoms with Crippen molar-refractivity contribution in [1.82, 2.24) is 9.47 Å². The molecule has 3 heteroatoms. The van der Waals surface area contributed by atoms with Crippen LogP contribution in [-0.4, -0.2) is 21.1 Å². The standard InChI is InChI=1S/C23H26N2O/c1-17-10-11-19(15-18(17)2)23-21-8-5-12-24(21)13-6-14-25(23)16-20-7-3-4-9-22(20)26/h3-5,7-12,15,23,26H,6,13-14,16H2,1-2H3/t23-/m0/s1. The summed E-state index contributed by atoms with van der Waals surface area (Å²) < 4.78 is 2.38. The Hall–Kier alpha value is -2.52. The van der Waals surface area contributed by atoms with Gasteiger partial charge in [-0.05, 0) is 55.2 Å². The van der Waals surface area contributed by atoms with E-state index in [1.54, 1.807) is 6.07 Å². The molecule has 0 spiro atoms. The zero-order valence-electron chi connectivity index (χ0n) is 15.5. The molecule has 3 nitrogen and oxygen atoms in total. The van der Waals surface area contributed by atoms with E-state index in [-0.39, 0.29) is 6.04 Å². The normalized spacial score (nSPS) is 17.7. The number of phenols is 1. The molecule has 0 amide bonds. The first kappa shape index (κ1) is 16.9. The predicted molar refractivity (Wildman–Crippen MR) is 105 cm³/mol. The maximum atomic E-state index is 10.3. The van der Waals surface area contributed by atoms with Crippen molar-refractivity contribution in [2.24, 2.45) is 0 Å². The zero-order valence-corrected chi connectivity index (χ0v) is 15.5. The van der Waals surface area contributed by atoms with Crippen molar-refractivity contribution in [1.29, 1.82) is 0 Å². The van der Waals surface area contributed by atoms with Gasteiger partial charge in [0.05, 0.1) is 6.04 Å². The van der Waals surface area contributed by atoms with Gasteiger partial charge in [-0.25, -0.2) is 0 Å². The maximum absolute atomic E-state index is 10.3. The molecule has 1 aromatic heterocycles. The minimum atomic E-state index is 0.200. The van der Waals surface area contributed by atoms with Crippen LogP contribution in [0.25, 0.3) is 0 Å². The van der Waals surface area contributed by atoms with Crippen molar-refractivity contribution < 1.29 is 5.11 Å². The molecule has 1 N–H and O–H groups in total. The van der Waals surface area contributed by atoms with Gasteiger partial charge in [-0.15, -0.1) is 0 Å². The monoisotopic (exact) mass is 346 g/mol. The van der Waals surface area contributed by atoms with E-state index in [9.17, 15) is 5.11 Å². The summed E-state index contributed by atoms with van der Waals surface area (Å²) in [6, 6.07) is 19.1. The summed E-state index contributed by atoms with van der Waals surface area (Å²) in [7, 11) is 0. The number of aryl methyl sites for hydroxylation is 3. The van der Waals surface area contributed by atoms with E-state index < -0.39 is 0 Å². The Labute approximate surface area is 155 Å². The van der Waals surface area contributed by atoms with E-state index >= 15 is 0 Å². The summed E-state index contributed by atoms with van der Waals surface area (Å²) in [5, 5.41) is 10.3. The number of para-hydroxylation sites is 1. The fourth-order valence-electron chi connectivity index (χ4n) is 3.99. The van der Waals surface area contributed by atoms with Gasteiger partial charge in [-0.1, -0.05) is 36.4 Å². The van der Waals surface area contributed by atoms with Crippen LogP contribution >= 0.6 is 0 Å². The van der Waals surface area contributed by atoms with E-state index in [2.05, 4.69) is 59.8 Å². The largest absolute Gasteiger partial charge is 0.508 e. The number of aromatic nitrogens is 1. The smallest absolute Gasteiger partial charge is 0.120 e. The van der Waals surface area contributed by atoms with Gasteiger partial charge in [0, 0.05) is 37.1 Å². The summed E-state index contributed by atoms with van der Waals surface area (Å²) in [5.41, 5.74) is 6.30. The number of hydrogen-bond acceptors (Lipinski definition) is 2. The molecule has 0 bridgehead atoms. The highest BCUT2D eigenvalue weighted by Crippen LogP contribution is 2.34. The fraction of sp³-hybridized carbons (Fsp3) is 0.304. The molecule has 0 unspecified atom stereocenters. The molecule has 2 heterocycles. The third kappa shape index (κ3) is 3.15. The number of rotatable bonds is 3. The Morgan fingerprint density at radius 3 is 2.62 bits per heavy atom. The average Bonchev–Trinajstić information content (AvgIpc) is 3.01. The van der Waals surface area contributed by atoms with Crippen LogP contribution < -0.4 is 0 Å². The zero-order chi connectivity index (χ0) is 18.1. The van der Waals surface area contributed by atoms with Crippen molar-refractivity contribution in [3.05, 3.63) is 88.7 Å². The molecule has 0 fully saturated rings. The lowest BCUT2D eigenvalue weighted by Crippen LogP contribution is -2.29. The molecule has 2 aromatic carbocycles. The highest BCUT2D eigenvalue weighted by molar-refractivity contribution is 5.37. The second kappa shape index (κ2) is 7.00. The van der Waals surface area contributed by atoms with Crippen molar-refractivity contribution in [2.45, 2.75) is 39.4 Å². The molecule has 0 saturated heterocycles. The fourth-order valence-corrected chi connectivity index (χ4v) is 3.99. The lowest BCUT2D eigenvalue weighted by Gasteiger charge is -2.31. The molecule has 1 aliphatic rings. The molecule has 3 aromatic rings.